The monoisotopic (exact) mass is 391 g/mol. The van der Waals surface area contributed by atoms with E-state index >= 15 is 0 Å². The van der Waals surface area contributed by atoms with Crippen molar-refractivity contribution < 1.29 is 14.8 Å². The molecule has 0 radical (unpaired) electrons. The molecular formula is C20H13N3O4S. The van der Waals surface area contributed by atoms with E-state index in [0.29, 0.717) is 16.3 Å². The summed E-state index contributed by atoms with van der Waals surface area (Å²) in [6, 6.07) is 17.8. The number of nitro groups is 1. The van der Waals surface area contributed by atoms with Crippen LogP contribution < -0.4 is 5.32 Å². The number of hydrogen-bond donors (Lipinski definition) is 2. The quantitative estimate of drug-likeness (QED) is 0.383. The number of nitro benzene ring substituents is 1. The van der Waals surface area contributed by atoms with Gasteiger partial charge in [0.05, 0.1) is 20.7 Å². The number of aromatic hydroxyl groups is 1. The van der Waals surface area contributed by atoms with Gasteiger partial charge in [-0.15, -0.1) is 11.3 Å². The number of aromatic nitrogens is 1. The molecular weight excluding hydrogens is 378 g/mol. The van der Waals surface area contributed by atoms with Crippen molar-refractivity contribution in [1.29, 1.82) is 0 Å². The molecule has 0 saturated carbocycles. The van der Waals surface area contributed by atoms with Gasteiger partial charge in [0, 0.05) is 29.4 Å². The van der Waals surface area contributed by atoms with Gasteiger partial charge in [-0.3, -0.25) is 14.9 Å². The standard InChI is InChI=1S/C20H13N3O4S/c24-17-11-13(21-19(25)12-5-8-14(9-6-12)23(26)27)7-10-15(17)20-22-16-3-1-2-4-18(16)28-20/h1-11,24H,(H,21,25). The van der Waals surface area contributed by atoms with Gasteiger partial charge in [0.15, 0.2) is 0 Å². The summed E-state index contributed by atoms with van der Waals surface area (Å²) in [6.45, 7) is 0. The summed E-state index contributed by atoms with van der Waals surface area (Å²) in [5.41, 5.74) is 2.03. The smallest absolute Gasteiger partial charge is 0.269 e. The molecule has 1 amide bonds. The van der Waals surface area contributed by atoms with Crippen molar-refractivity contribution in [2.45, 2.75) is 0 Å². The Kier molecular flexibility index (Phi) is 4.46. The number of rotatable bonds is 4. The zero-order chi connectivity index (χ0) is 19.7. The number of thiazole rings is 1. The number of hydrogen-bond acceptors (Lipinski definition) is 6. The molecule has 3 aromatic carbocycles. The number of phenols is 1. The molecule has 0 unspecified atom stereocenters. The Balaban J connectivity index is 1.55. The van der Waals surface area contributed by atoms with Crippen LogP contribution in [-0.2, 0) is 0 Å². The van der Waals surface area contributed by atoms with Gasteiger partial charge in [-0.25, -0.2) is 4.98 Å². The summed E-state index contributed by atoms with van der Waals surface area (Å²) in [7, 11) is 0. The number of benzene rings is 3. The molecule has 1 aromatic heterocycles. The molecule has 0 saturated heterocycles. The van der Waals surface area contributed by atoms with Gasteiger partial charge in [-0.1, -0.05) is 12.1 Å². The summed E-state index contributed by atoms with van der Waals surface area (Å²) < 4.78 is 1.02. The van der Waals surface area contributed by atoms with E-state index in [1.165, 1.54) is 41.7 Å². The Morgan fingerprint density at radius 1 is 1.07 bits per heavy atom. The fraction of sp³-hybridized carbons (Fsp3) is 0. The van der Waals surface area contributed by atoms with Gasteiger partial charge in [-0.2, -0.15) is 0 Å². The molecule has 0 bridgehead atoms. The largest absolute Gasteiger partial charge is 0.507 e. The Morgan fingerprint density at radius 2 is 1.82 bits per heavy atom. The number of non-ortho nitro benzene ring substituents is 1. The summed E-state index contributed by atoms with van der Waals surface area (Å²) in [4.78, 5) is 27.0. The van der Waals surface area contributed by atoms with Crippen molar-refractivity contribution >= 4 is 38.8 Å². The third-order valence-electron chi connectivity index (χ3n) is 4.12. The Morgan fingerprint density at radius 3 is 2.50 bits per heavy atom. The SMILES string of the molecule is O=C(Nc1ccc(-c2nc3ccccc3s2)c(O)c1)c1ccc([N+](=O)[O-])cc1. The van der Waals surface area contributed by atoms with Crippen LogP contribution in [-0.4, -0.2) is 20.9 Å². The van der Waals surface area contributed by atoms with Gasteiger partial charge in [0.1, 0.15) is 10.8 Å². The van der Waals surface area contributed by atoms with Crippen LogP contribution in [0.4, 0.5) is 11.4 Å². The molecule has 1 heterocycles. The first-order valence-corrected chi connectivity index (χ1v) is 9.08. The summed E-state index contributed by atoms with van der Waals surface area (Å²) in [5, 5.41) is 24.4. The number of amides is 1. The van der Waals surface area contributed by atoms with E-state index in [0.717, 1.165) is 10.2 Å². The minimum atomic E-state index is -0.527. The second-order valence-corrected chi connectivity index (χ2v) is 7.01. The summed E-state index contributed by atoms with van der Waals surface area (Å²) in [6.07, 6.45) is 0. The van der Waals surface area contributed by atoms with Crippen molar-refractivity contribution in [1.82, 2.24) is 4.98 Å². The van der Waals surface area contributed by atoms with E-state index in [4.69, 9.17) is 0 Å². The van der Waals surface area contributed by atoms with E-state index in [9.17, 15) is 20.0 Å². The van der Waals surface area contributed by atoms with Gasteiger partial charge in [-0.05, 0) is 36.4 Å². The average molecular weight is 391 g/mol. The van der Waals surface area contributed by atoms with Crippen molar-refractivity contribution in [3.05, 3.63) is 82.4 Å². The van der Waals surface area contributed by atoms with E-state index in [-0.39, 0.29) is 17.0 Å². The van der Waals surface area contributed by atoms with Gasteiger partial charge < -0.3 is 10.4 Å². The zero-order valence-electron chi connectivity index (χ0n) is 14.3. The number of para-hydroxylation sites is 1. The Hall–Kier alpha value is -3.78. The Bertz CT molecular complexity index is 1170. The third-order valence-corrected chi connectivity index (χ3v) is 5.19. The van der Waals surface area contributed by atoms with E-state index < -0.39 is 10.8 Å². The van der Waals surface area contributed by atoms with E-state index in [2.05, 4.69) is 10.3 Å². The molecule has 2 N–H and O–H groups in total. The number of fused-ring (bicyclic) bond motifs is 1. The van der Waals surface area contributed by atoms with Crippen LogP contribution in [0.3, 0.4) is 0 Å². The number of phenolic OH excluding ortho intramolecular Hbond substituents is 1. The number of carbonyl (C=O) groups excluding carboxylic acids is 1. The first-order valence-electron chi connectivity index (χ1n) is 8.26. The predicted molar refractivity (Wildman–Crippen MR) is 108 cm³/mol. The topological polar surface area (TPSA) is 105 Å². The molecule has 0 aliphatic carbocycles. The number of nitrogens with zero attached hydrogens (tertiary/aromatic N) is 2. The van der Waals surface area contributed by atoms with E-state index in [1.54, 1.807) is 12.1 Å². The van der Waals surface area contributed by atoms with Crippen molar-refractivity contribution in [3.8, 4) is 16.3 Å². The minimum Gasteiger partial charge on any atom is -0.507 e. The van der Waals surface area contributed by atoms with Crippen molar-refractivity contribution in [3.63, 3.8) is 0 Å². The van der Waals surface area contributed by atoms with Gasteiger partial charge >= 0.3 is 0 Å². The molecule has 0 atom stereocenters. The van der Waals surface area contributed by atoms with Crippen molar-refractivity contribution in [2.75, 3.05) is 5.32 Å². The van der Waals surface area contributed by atoms with Crippen LogP contribution in [0.1, 0.15) is 10.4 Å². The minimum absolute atomic E-state index is 0.000514. The molecule has 4 aromatic rings. The fourth-order valence-electron chi connectivity index (χ4n) is 2.72. The highest BCUT2D eigenvalue weighted by molar-refractivity contribution is 7.21. The number of nitrogens with one attached hydrogen (secondary N) is 1. The molecule has 0 aliphatic heterocycles. The van der Waals surface area contributed by atoms with Crippen LogP contribution in [0.15, 0.2) is 66.7 Å². The zero-order valence-corrected chi connectivity index (χ0v) is 15.1. The van der Waals surface area contributed by atoms with Crippen LogP contribution in [0.25, 0.3) is 20.8 Å². The first-order chi connectivity index (χ1) is 13.5. The molecule has 0 aliphatic rings. The lowest BCUT2D eigenvalue weighted by Crippen LogP contribution is -2.11. The lowest BCUT2D eigenvalue weighted by atomic mass is 10.1. The van der Waals surface area contributed by atoms with Crippen LogP contribution in [0.2, 0.25) is 0 Å². The molecule has 28 heavy (non-hydrogen) atoms. The average Bonchev–Trinajstić information content (AvgIpc) is 3.12. The predicted octanol–water partition coefficient (Wildman–Crippen LogP) is 4.83. The summed E-state index contributed by atoms with van der Waals surface area (Å²) in [5.74, 6) is -0.428. The fourth-order valence-corrected chi connectivity index (χ4v) is 3.72. The molecule has 0 fully saturated rings. The molecule has 138 valence electrons. The molecule has 0 spiro atoms. The summed E-state index contributed by atoms with van der Waals surface area (Å²) >= 11 is 1.47. The van der Waals surface area contributed by atoms with Crippen LogP contribution >= 0.6 is 11.3 Å². The normalized spacial score (nSPS) is 10.7. The highest BCUT2D eigenvalue weighted by Gasteiger charge is 2.13. The number of anilines is 1. The molecule has 7 nitrogen and oxygen atoms in total. The molecule has 4 rings (SSSR count). The maximum Gasteiger partial charge on any atom is 0.269 e. The molecule has 8 heteroatoms. The van der Waals surface area contributed by atoms with Crippen LogP contribution in [0.5, 0.6) is 5.75 Å². The van der Waals surface area contributed by atoms with Gasteiger partial charge in [0.25, 0.3) is 11.6 Å². The highest BCUT2D eigenvalue weighted by Crippen LogP contribution is 2.36. The Labute approximate surface area is 163 Å². The maximum absolute atomic E-state index is 12.3. The highest BCUT2D eigenvalue weighted by atomic mass is 32.1. The van der Waals surface area contributed by atoms with Crippen molar-refractivity contribution in [2.24, 2.45) is 0 Å². The lowest BCUT2D eigenvalue weighted by molar-refractivity contribution is -0.384. The lowest BCUT2D eigenvalue weighted by Gasteiger charge is -2.08. The van der Waals surface area contributed by atoms with E-state index in [1.807, 2.05) is 24.3 Å². The maximum atomic E-state index is 12.3. The second kappa shape index (κ2) is 7.09. The van der Waals surface area contributed by atoms with Crippen LogP contribution in [0, 0.1) is 10.1 Å². The van der Waals surface area contributed by atoms with Gasteiger partial charge in [0.2, 0.25) is 0 Å². The number of carbonyl (C=O) groups is 1. The third kappa shape index (κ3) is 3.40. The first kappa shape index (κ1) is 17.6. The second-order valence-electron chi connectivity index (χ2n) is 5.98.